The number of ether oxygens (including phenoxy) is 5. The summed E-state index contributed by atoms with van der Waals surface area (Å²) in [5.41, 5.74) is -0.447. The van der Waals surface area contributed by atoms with Gasteiger partial charge in [-0.15, -0.1) is 0 Å². The second kappa shape index (κ2) is 7.85. The molecule has 0 unspecified atom stereocenters. The first kappa shape index (κ1) is 26.8. The summed E-state index contributed by atoms with van der Waals surface area (Å²) in [6, 6.07) is 0. The molecular formula is C21H27Na2O10P. The monoisotopic (exact) mass is 516 g/mol. The molecule has 3 saturated heterocycles. The Balaban J connectivity index is 0.00000120. The Morgan fingerprint density at radius 1 is 1.18 bits per heavy atom. The molecule has 0 amide bonds. The van der Waals surface area contributed by atoms with Crippen LogP contribution < -0.4 is 0 Å². The van der Waals surface area contributed by atoms with Crippen molar-refractivity contribution in [1.82, 2.24) is 0 Å². The molecular weight excluding hydrogens is 489 g/mol. The largest absolute Gasteiger partial charge is 0.471 e. The van der Waals surface area contributed by atoms with Crippen LogP contribution in [0.2, 0.25) is 0 Å². The van der Waals surface area contributed by atoms with Crippen molar-refractivity contribution in [3.8, 4) is 0 Å². The maximum absolute atomic E-state index is 12.2. The minimum atomic E-state index is -4.68. The Bertz CT molecular complexity index is 1030. The van der Waals surface area contributed by atoms with Crippen molar-refractivity contribution in [2.45, 2.75) is 81.3 Å². The van der Waals surface area contributed by atoms with E-state index in [0.717, 1.165) is 24.0 Å². The molecule has 7 rings (SSSR count). The number of hydrogen-bond donors (Lipinski definition) is 2. The number of carbonyl (C=O) groups is 1. The van der Waals surface area contributed by atoms with Gasteiger partial charge < -0.3 is 33.5 Å². The molecule has 4 aliphatic heterocycles. The third-order valence-corrected chi connectivity index (χ3v) is 9.96. The van der Waals surface area contributed by atoms with Gasteiger partial charge in [0.1, 0.15) is 36.1 Å². The first-order chi connectivity index (χ1) is 15.0. The zero-order valence-corrected chi connectivity index (χ0v) is 25.0. The first-order valence-electron chi connectivity index (χ1n) is 11.3. The van der Waals surface area contributed by atoms with Crippen LogP contribution >= 0.6 is 7.82 Å². The van der Waals surface area contributed by atoms with Crippen LogP contribution in [-0.2, 0) is 37.6 Å². The second-order valence-corrected chi connectivity index (χ2v) is 12.0. The van der Waals surface area contributed by atoms with Gasteiger partial charge in [-0.05, 0) is 36.7 Å². The predicted octanol–water partition coefficient (Wildman–Crippen LogP) is 0.433. The number of rotatable bonds is 5. The molecule has 34 heavy (non-hydrogen) atoms. The van der Waals surface area contributed by atoms with Crippen LogP contribution in [0.4, 0.5) is 0 Å². The van der Waals surface area contributed by atoms with Crippen LogP contribution in [0.3, 0.4) is 0 Å². The normalized spacial score (nSPS) is 50.9. The summed E-state index contributed by atoms with van der Waals surface area (Å²) in [6.07, 6.45) is 1.09. The second-order valence-electron chi connectivity index (χ2n) is 10.8. The number of fused-ring (bicyclic) bond motifs is 4. The Kier molecular flexibility index (Phi) is 6.18. The number of hydrogen-bond acceptors (Lipinski definition) is 8. The van der Waals surface area contributed by atoms with Crippen molar-refractivity contribution in [1.29, 1.82) is 0 Å². The number of epoxide rings is 3. The standard InChI is InChI=1S/C21H27O10P.2Na/c1-9(2)19-14(30-19)15-21(31-15)18(3)5-4-10-11(7-26-16(10)22)12(18)6-13-20(21,29-13)17(19)27-8-28-32(23,24)25;;/h9,12-15,17H,4-8H2,1-3H3,(H2,23,24,25);;/t12-,13-,14-,15-,17+,18-,19-,20+,21+;;/m0../s1. The van der Waals surface area contributed by atoms with Gasteiger partial charge in [0.2, 0.25) is 0 Å². The molecule has 2 saturated carbocycles. The number of cyclic esters (lactones) is 1. The van der Waals surface area contributed by atoms with Gasteiger partial charge in [0, 0.05) is 70.1 Å². The minimum absolute atomic E-state index is 0. The Labute approximate surface area is 241 Å². The topological polar surface area (TPSA) is 140 Å². The van der Waals surface area contributed by atoms with Gasteiger partial charge in [0.05, 0.1) is 6.10 Å². The fourth-order valence-electron chi connectivity index (χ4n) is 8.08. The van der Waals surface area contributed by atoms with Crippen LogP contribution in [0.15, 0.2) is 11.1 Å². The molecule has 0 aromatic heterocycles. The van der Waals surface area contributed by atoms with Gasteiger partial charge in [0.25, 0.3) is 0 Å². The van der Waals surface area contributed by atoms with Crippen LogP contribution in [-0.4, -0.2) is 129 Å². The van der Waals surface area contributed by atoms with Gasteiger partial charge >= 0.3 is 13.8 Å². The van der Waals surface area contributed by atoms with E-state index in [-0.39, 0.29) is 101 Å². The van der Waals surface area contributed by atoms with E-state index in [2.05, 4.69) is 25.3 Å². The fraction of sp³-hybridized carbons (Fsp3) is 0.857. The van der Waals surface area contributed by atoms with Crippen LogP contribution in [0.1, 0.15) is 40.0 Å². The van der Waals surface area contributed by atoms with Crippen LogP contribution in [0, 0.1) is 17.3 Å². The summed E-state index contributed by atoms with van der Waals surface area (Å²) in [4.78, 5) is 30.5. The quantitative estimate of drug-likeness (QED) is 0.174. The van der Waals surface area contributed by atoms with Crippen molar-refractivity contribution in [3.05, 3.63) is 11.1 Å². The van der Waals surface area contributed by atoms with Crippen molar-refractivity contribution in [2.24, 2.45) is 17.3 Å². The molecule has 5 fully saturated rings. The van der Waals surface area contributed by atoms with Crippen molar-refractivity contribution in [3.63, 3.8) is 0 Å². The van der Waals surface area contributed by atoms with Crippen molar-refractivity contribution < 1.29 is 47.4 Å². The summed E-state index contributed by atoms with van der Waals surface area (Å²) in [5.74, 6) is -0.00758. The number of phosphoric ester groups is 1. The molecule has 0 aromatic carbocycles. The van der Waals surface area contributed by atoms with Crippen molar-refractivity contribution in [2.75, 3.05) is 13.4 Å². The maximum Gasteiger partial charge on any atom is 0.471 e. The van der Waals surface area contributed by atoms with E-state index in [1.54, 1.807) is 0 Å². The molecule has 178 valence electrons. The zero-order valence-electron chi connectivity index (χ0n) is 20.1. The SMILES string of the molecule is CC(C)[C@]12O[C@H]1[C@@H]1O[C@]13[C@]1(O[C@H]1C[C@H]1C4=C(CC[C@@]13C)C(=O)OC4)[C@@H]2OCOP(=O)(O)O.[Na].[Na]. The maximum atomic E-state index is 12.2. The zero-order chi connectivity index (χ0) is 22.5. The average Bonchev–Trinajstić information content (AvgIpc) is 3.59. The Hall–Kier alpha value is 1.16. The molecule has 3 aliphatic carbocycles. The summed E-state index contributed by atoms with van der Waals surface area (Å²) in [6.45, 7) is 6.10. The van der Waals surface area contributed by atoms with Crippen molar-refractivity contribution >= 4 is 72.9 Å². The average molecular weight is 516 g/mol. The molecule has 2 N–H and O–H groups in total. The van der Waals surface area contributed by atoms with Gasteiger partial charge in [0.15, 0.2) is 12.4 Å². The van der Waals surface area contributed by atoms with E-state index in [4.69, 9.17) is 33.5 Å². The third-order valence-electron chi connectivity index (χ3n) is 9.52. The van der Waals surface area contributed by atoms with E-state index in [1.165, 1.54) is 0 Å². The number of esters is 1. The van der Waals surface area contributed by atoms with E-state index in [9.17, 15) is 9.36 Å². The number of carbonyl (C=O) groups excluding carboxylic acids is 1. The molecule has 0 bridgehead atoms. The van der Waals surface area contributed by atoms with E-state index in [1.807, 2.05) is 0 Å². The summed E-state index contributed by atoms with van der Waals surface area (Å²) >= 11 is 0. The van der Waals surface area contributed by atoms with Gasteiger partial charge in [-0.1, -0.05) is 20.8 Å². The van der Waals surface area contributed by atoms with E-state index >= 15 is 0 Å². The molecule has 10 nitrogen and oxygen atoms in total. The molecule has 13 heteroatoms. The molecule has 9 atom stereocenters. The predicted molar refractivity (Wildman–Crippen MR) is 115 cm³/mol. The van der Waals surface area contributed by atoms with Crippen LogP contribution in [0.5, 0.6) is 0 Å². The van der Waals surface area contributed by atoms with Gasteiger partial charge in [-0.25, -0.2) is 9.36 Å². The molecule has 2 radical (unpaired) electrons. The molecule has 0 aromatic rings. The third kappa shape index (κ3) is 2.93. The summed E-state index contributed by atoms with van der Waals surface area (Å²) in [5, 5.41) is 0. The first-order valence-corrected chi connectivity index (χ1v) is 12.8. The van der Waals surface area contributed by atoms with Gasteiger partial charge in [-0.3, -0.25) is 4.52 Å². The Morgan fingerprint density at radius 3 is 2.59 bits per heavy atom. The fourth-order valence-corrected chi connectivity index (χ4v) is 8.28. The smallest absolute Gasteiger partial charge is 0.458 e. The van der Waals surface area contributed by atoms with Crippen LogP contribution in [0.25, 0.3) is 0 Å². The molecule has 2 spiro atoms. The summed E-state index contributed by atoms with van der Waals surface area (Å²) in [7, 11) is -4.68. The summed E-state index contributed by atoms with van der Waals surface area (Å²) < 4.78 is 46.7. The Morgan fingerprint density at radius 2 is 1.91 bits per heavy atom. The number of phosphoric acid groups is 1. The van der Waals surface area contributed by atoms with E-state index in [0.29, 0.717) is 13.0 Å². The minimum Gasteiger partial charge on any atom is -0.458 e. The molecule has 4 heterocycles. The van der Waals surface area contributed by atoms with Gasteiger partial charge in [-0.2, -0.15) is 0 Å². The van der Waals surface area contributed by atoms with E-state index < -0.39 is 37.5 Å². The molecule has 7 aliphatic rings.